The van der Waals surface area contributed by atoms with Crippen molar-refractivity contribution in [2.45, 2.75) is 13.3 Å². The summed E-state index contributed by atoms with van der Waals surface area (Å²) in [6.45, 7) is 3.89. The van der Waals surface area contributed by atoms with Crippen molar-refractivity contribution < 1.29 is 9.53 Å². The Hall–Kier alpha value is -1.86. The van der Waals surface area contributed by atoms with Gasteiger partial charge in [0.05, 0.1) is 11.6 Å². The summed E-state index contributed by atoms with van der Waals surface area (Å²) >= 11 is 0. The fourth-order valence-electron chi connectivity index (χ4n) is 1.32. The number of nitriles is 1. The van der Waals surface area contributed by atoms with Crippen molar-refractivity contribution in [2.24, 2.45) is 0 Å². The first-order valence-electron chi connectivity index (χ1n) is 5.64. The van der Waals surface area contributed by atoms with Crippen molar-refractivity contribution in [3.63, 3.8) is 0 Å². The van der Waals surface area contributed by atoms with E-state index in [9.17, 15) is 4.79 Å². The van der Waals surface area contributed by atoms with Crippen LogP contribution in [0.4, 0.5) is 0 Å². The lowest BCUT2D eigenvalue weighted by Gasteiger charge is -2.05. The van der Waals surface area contributed by atoms with Crippen molar-refractivity contribution in [1.82, 2.24) is 5.32 Å². The second-order valence-corrected chi connectivity index (χ2v) is 3.50. The zero-order valence-electron chi connectivity index (χ0n) is 9.90. The maximum atomic E-state index is 11.6. The van der Waals surface area contributed by atoms with Crippen LogP contribution in [0.1, 0.15) is 29.3 Å². The van der Waals surface area contributed by atoms with Gasteiger partial charge in [-0.25, -0.2) is 0 Å². The molecule has 1 rings (SSSR count). The maximum absolute atomic E-state index is 11.6. The van der Waals surface area contributed by atoms with Gasteiger partial charge in [0.2, 0.25) is 0 Å². The molecule has 17 heavy (non-hydrogen) atoms. The molecule has 1 N–H and O–H groups in total. The van der Waals surface area contributed by atoms with Crippen molar-refractivity contribution in [3.8, 4) is 6.07 Å². The molecule has 1 aromatic carbocycles. The predicted molar refractivity (Wildman–Crippen MR) is 64.6 cm³/mol. The second-order valence-electron chi connectivity index (χ2n) is 3.50. The van der Waals surface area contributed by atoms with Gasteiger partial charge in [0, 0.05) is 25.3 Å². The smallest absolute Gasteiger partial charge is 0.251 e. The number of carbonyl (C=O) groups is 1. The van der Waals surface area contributed by atoms with Gasteiger partial charge in [-0.3, -0.25) is 4.79 Å². The molecule has 1 aromatic rings. The van der Waals surface area contributed by atoms with E-state index < -0.39 is 0 Å². The molecule has 0 aliphatic carbocycles. The minimum Gasteiger partial charge on any atom is -0.382 e. The number of hydrogen-bond donors (Lipinski definition) is 1. The topological polar surface area (TPSA) is 62.1 Å². The number of amides is 1. The predicted octanol–water partition coefficient (Wildman–Crippen LogP) is 1.71. The highest BCUT2D eigenvalue weighted by Crippen LogP contribution is 2.02. The summed E-state index contributed by atoms with van der Waals surface area (Å²) in [6, 6.07) is 8.58. The molecule has 0 spiro atoms. The molecule has 0 atom stereocenters. The molecule has 0 aliphatic heterocycles. The number of nitrogens with one attached hydrogen (secondary N) is 1. The van der Waals surface area contributed by atoms with E-state index in [4.69, 9.17) is 10.00 Å². The molecule has 0 bridgehead atoms. The van der Waals surface area contributed by atoms with Crippen LogP contribution in [0.2, 0.25) is 0 Å². The monoisotopic (exact) mass is 232 g/mol. The number of hydrogen-bond acceptors (Lipinski definition) is 3. The van der Waals surface area contributed by atoms with E-state index in [0.29, 0.717) is 30.9 Å². The average molecular weight is 232 g/mol. The van der Waals surface area contributed by atoms with Gasteiger partial charge in [0.1, 0.15) is 0 Å². The van der Waals surface area contributed by atoms with Crippen LogP contribution in [-0.2, 0) is 4.74 Å². The van der Waals surface area contributed by atoms with E-state index in [1.807, 2.05) is 13.0 Å². The SMILES string of the molecule is CCOCCCNC(=O)c1ccc(C#N)cc1. The molecule has 4 heteroatoms. The van der Waals surface area contributed by atoms with Gasteiger partial charge in [-0.05, 0) is 37.6 Å². The Balaban J connectivity index is 2.34. The Morgan fingerprint density at radius 1 is 1.41 bits per heavy atom. The van der Waals surface area contributed by atoms with Crippen LogP contribution in [-0.4, -0.2) is 25.7 Å². The summed E-state index contributed by atoms with van der Waals surface area (Å²) in [5, 5.41) is 11.4. The zero-order chi connectivity index (χ0) is 12.5. The lowest BCUT2D eigenvalue weighted by atomic mass is 10.1. The Morgan fingerprint density at radius 2 is 2.12 bits per heavy atom. The number of carbonyl (C=O) groups excluding carboxylic acids is 1. The van der Waals surface area contributed by atoms with Crippen molar-refractivity contribution in [2.75, 3.05) is 19.8 Å². The number of ether oxygens (including phenoxy) is 1. The van der Waals surface area contributed by atoms with Crippen LogP contribution in [0.15, 0.2) is 24.3 Å². The molecule has 0 radical (unpaired) electrons. The molecular formula is C13H16N2O2. The number of rotatable bonds is 6. The Bertz CT molecular complexity index is 393. The third-order valence-electron chi connectivity index (χ3n) is 2.23. The number of nitrogens with zero attached hydrogens (tertiary/aromatic N) is 1. The van der Waals surface area contributed by atoms with E-state index in [2.05, 4.69) is 5.32 Å². The molecule has 0 saturated carbocycles. The third-order valence-corrected chi connectivity index (χ3v) is 2.23. The highest BCUT2D eigenvalue weighted by molar-refractivity contribution is 5.94. The fourth-order valence-corrected chi connectivity index (χ4v) is 1.32. The minimum absolute atomic E-state index is 0.119. The summed E-state index contributed by atoms with van der Waals surface area (Å²) in [4.78, 5) is 11.6. The van der Waals surface area contributed by atoms with E-state index in [-0.39, 0.29) is 5.91 Å². The molecule has 90 valence electrons. The van der Waals surface area contributed by atoms with Crippen molar-refractivity contribution in [1.29, 1.82) is 5.26 Å². The van der Waals surface area contributed by atoms with Crippen LogP contribution in [0.25, 0.3) is 0 Å². The second kappa shape index (κ2) is 7.42. The molecule has 0 unspecified atom stereocenters. The normalized spacial score (nSPS) is 9.65. The minimum atomic E-state index is -0.119. The first-order chi connectivity index (χ1) is 8.27. The fraction of sp³-hybridized carbons (Fsp3) is 0.385. The van der Waals surface area contributed by atoms with Crippen molar-refractivity contribution >= 4 is 5.91 Å². The van der Waals surface area contributed by atoms with E-state index in [1.165, 1.54) is 0 Å². The molecule has 0 aliphatic rings. The first kappa shape index (κ1) is 13.2. The zero-order valence-corrected chi connectivity index (χ0v) is 9.90. The van der Waals surface area contributed by atoms with E-state index in [1.54, 1.807) is 24.3 Å². The summed E-state index contributed by atoms with van der Waals surface area (Å²) < 4.78 is 5.16. The molecule has 4 nitrogen and oxygen atoms in total. The Labute approximate surface area is 101 Å². The van der Waals surface area contributed by atoms with Crippen LogP contribution < -0.4 is 5.32 Å². The van der Waals surface area contributed by atoms with Crippen LogP contribution >= 0.6 is 0 Å². The van der Waals surface area contributed by atoms with E-state index >= 15 is 0 Å². The first-order valence-corrected chi connectivity index (χ1v) is 5.64. The standard InChI is InChI=1S/C13H16N2O2/c1-2-17-9-3-8-15-13(16)12-6-4-11(10-14)5-7-12/h4-7H,2-3,8-9H2,1H3,(H,15,16). The van der Waals surface area contributed by atoms with Gasteiger partial charge >= 0.3 is 0 Å². The van der Waals surface area contributed by atoms with Gasteiger partial charge < -0.3 is 10.1 Å². The Morgan fingerprint density at radius 3 is 2.71 bits per heavy atom. The Kier molecular flexibility index (Phi) is 5.76. The van der Waals surface area contributed by atoms with Gasteiger partial charge in [0.15, 0.2) is 0 Å². The lowest BCUT2D eigenvalue weighted by Crippen LogP contribution is -2.25. The van der Waals surface area contributed by atoms with Crippen LogP contribution in [0.3, 0.4) is 0 Å². The molecule has 0 saturated heterocycles. The summed E-state index contributed by atoms with van der Waals surface area (Å²) in [5.41, 5.74) is 1.12. The van der Waals surface area contributed by atoms with Gasteiger partial charge in [-0.15, -0.1) is 0 Å². The average Bonchev–Trinajstić information content (AvgIpc) is 2.38. The number of benzene rings is 1. The van der Waals surface area contributed by atoms with Gasteiger partial charge in [0.25, 0.3) is 5.91 Å². The highest BCUT2D eigenvalue weighted by atomic mass is 16.5. The molecule has 0 heterocycles. The molecular weight excluding hydrogens is 216 g/mol. The lowest BCUT2D eigenvalue weighted by molar-refractivity contribution is 0.0944. The molecule has 0 aromatic heterocycles. The summed E-state index contributed by atoms with van der Waals surface area (Å²) in [5.74, 6) is -0.119. The van der Waals surface area contributed by atoms with Crippen molar-refractivity contribution in [3.05, 3.63) is 35.4 Å². The summed E-state index contributed by atoms with van der Waals surface area (Å²) in [6.07, 6.45) is 0.801. The van der Waals surface area contributed by atoms with Crippen LogP contribution in [0, 0.1) is 11.3 Å². The molecule has 0 fully saturated rings. The quantitative estimate of drug-likeness (QED) is 0.759. The van der Waals surface area contributed by atoms with E-state index in [0.717, 1.165) is 6.42 Å². The van der Waals surface area contributed by atoms with Crippen LogP contribution in [0.5, 0.6) is 0 Å². The highest BCUT2D eigenvalue weighted by Gasteiger charge is 2.03. The molecule has 1 amide bonds. The van der Waals surface area contributed by atoms with Gasteiger partial charge in [-0.1, -0.05) is 0 Å². The van der Waals surface area contributed by atoms with Gasteiger partial charge in [-0.2, -0.15) is 5.26 Å². The third kappa shape index (κ3) is 4.66. The maximum Gasteiger partial charge on any atom is 0.251 e. The summed E-state index contributed by atoms with van der Waals surface area (Å²) in [7, 11) is 0. The largest absolute Gasteiger partial charge is 0.382 e.